The van der Waals surface area contributed by atoms with Crippen molar-refractivity contribution in [3.8, 4) is 6.07 Å². The van der Waals surface area contributed by atoms with Gasteiger partial charge in [-0.2, -0.15) is 5.26 Å². The summed E-state index contributed by atoms with van der Waals surface area (Å²) in [6, 6.07) is 7.25. The number of nitriles is 1. The molecular weight excluding hydrogens is 253 g/mol. The number of rotatable bonds is 5. The van der Waals surface area contributed by atoms with Crippen LogP contribution < -0.4 is 0 Å². The summed E-state index contributed by atoms with van der Waals surface area (Å²) in [5, 5.41) is 9.23. The van der Waals surface area contributed by atoms with Crippen molar-refractivity contribution < 1.29 is 9.18 Å². The minimum Gasteiger partial charge on any atom is -0.300 e. The number of carbonyl (C=O) groups is 1. The first-order chi connectivity index (χ1) is 9.47. The van der Waals surface area contributed by atoms with Crippen LogP contribution in [0.5, 0.6) is 0 Å². The van der Waals surface area contributed by atoms with Crippen molar-refractivity contribution in [3.63, 3.8) is 0 Å². The Hall–Kier alpha value is -2.47. The third-order valence-electron chi connectivity index (χ3n) is 2.62. The lowest BCUT2D eigenvalue weighted by molar-refractivity contribution is -0.116. The molecule has 0 saturated carbocycles. The Kier molecular flexibility index (Phi) is 5.61. The molecule has 0 aliphatic carbocycles. The van der Waals surface area contributed by atoms with E-state index in [4.69, 9.17) is 0 Å². The van der Waals surface area contributed by atoms with Crippen LogP contribution in [0, 0.1) is 11.3 Å². The molecule has 0 aromatic heterocycles. The van der Waals surface area contributed by atoms with E-state index in [2.05, 4.69) is 12.6 Å². The van der Waals surface area contributed by atoms with Gasteiger partial charge in [0, 0.05) is 6.42 Å². The predicted octanol–water partition coefficient (Wildman–Crippen LogP) is 4.13. The maximum absolute atomic E-state index is 13.1. The largest absolute Gasteiger partial charge is 0.300 e. The second-order valence-electron chi connectivity index (χ2n) is 4.46. The summed E-state index contributed by atoms with van der Waals surface area (Å²) < 4.78 is 13.1. The SMILES string of the molecule is C=C/C=C(\C=C(/C)F)c1ccc(CC(C)=O)cc1C#N. The molecule has 0 heterocycles. The van der Waals surface area contributed by atoms with E-state index in [1.807, 2.05) is 0 Å². The summed E-state index contributed by atoms with van der Waals surface area (Å²) >= 11 is 0. The van der Waals surface area contributed by atoms with Gasteiger partial charge in [-0.1, -0.05) is 30.9 Å². The fourth-order valence-corrected chi connectivity index (χ4v) is 1.89. The average molecular weight is 269 g/mol. The highest BCUT2D eigenvalue weighted by molar-refractivity contribution is 5.81. The summed E-state index contributed by atoms with van der Waals surface area (Å²) in [7, 11) is 0. The fourth-order valence-electron chi connectivity index (χ4n) is 1.89. The van der Waals surface area contributed by atoms with Crippen molar-refractivity contribution in [2.75, 3.05) is 0 Å². The van der Waals surface area contributed by atoms with E-state index < -0.39 is 0 Å². The molecule has 0 aliphatic heterocycles. The zero-order valence-electron chi connectivity index (χ0n) is 11.6. The molecule has 0 radical (unpaired) electrons. The smallest absolute Gasteiger partial charge is 0.134 e. The van der Waals surface area contributed by atoms with Crippen LogP contribution in [0.1, 0.15) is 30.5 Å². The maximum atomic E-state index is 13.1. The quantitative estimate of drug-likeness (QED) is 0.754. The predicted molar refractivity (Wildman–Crippen MR) is 78.6 cm³/mol. The van der Waals surface area contributed by atoms with Crippen LogP contribution in [-0.2, 0) is 11.2 Å². The van der Waals surface area contributed by atoms with Crippen LogP contribution in [-0.4, -0.2) is 5.78 Å². The molecule has 0 aliphatic rings. The summed E-state index contributed by atoms with van der Waals surface area (Å²) in [5.41, 5.74) is 2.38. The van der Waals surface area contributed by atoms with Gasteiger partial charge in [0.25, 0.3) is 0 Å². The number of benzene rings is 1. The standard InChI is InChI=1S/C17H16FNO/c1-4-5-15(8-12(2)18)17-7-6-14(9-13(3)20)10-16(17)11-19/h4-8,10H,1,9H2,2-3H3/b12-8+,15-5+. The van der Waals surface area contributed by atoms with Gasteiger partial charge in [-0.15, -0.1) is 0 Å². The highest BCUT2D eigenvalue weighted by atomic mass is 19.1. The lowest BCUT2D eigenvalue weighted by Crippen LogP contribution is -1.98. The monoisotopic (exact) mass is 269 g/mol. The lowest BCUT2D eigenvalue weighted by atomic mass is 9.96. The van der Waals surface area contributed by atoms with E-state index >= 15 is 0 Å². The van der Waals surface area contributed by atoms with E-state index in [1.54, 1.807) is 30.4 Å². The van der Waals surface area contributed by atoms with Gasteiger partial charge in [-0.3, -0.25) is 4.79 Å². The average Bonchev–Trinajstić information content (AvgIpc) is 2.37. The molecule has 102 valence electrons. The van der Waals surface area contributed by atoms with Crippen LogP contribution in [0.3, 0.4) is 0 Å². The van der Waals surface area contributed by atoms with Gasteiger partial charge in [0.15, 0.2) is 0 Å². The Morgan fingerprint density at radius 3 is 2.65 bits per heavy atom. The maximum Gasteiger partial charge on any atom is 0.134 e. The summed E-state index contributed by atoms with van der Waals surface area (Å²) in [6.07, 6.45) is 4.82. The topological polar surface area (TPSA) is 40.9 Å². The lowest BCUT2D eigenvalue weighted by Gasteiger charge is -2.07. The molecule has 0 saturated heterocycles. The van der Waals surface area contributed by atoms with E-state index in [9.17, 15) is 14.4 Å². The second kappa shape index (κ2) is 7.20. The fraction of sp³-hybridized carbons (Fsp3) is 0.176. The first-order valence-corrected chi connectivity index (χ1v) is 6.17. The van der Waals surface area contributed by atoms with Crippen molar-refractivity contribution in [3.05, 3.63) is 65.5 Å². The van der Waals surface area contributed by atoms with Gasteiger partial charge in [0.1, 0.15) is 5.78 Å². The molecule has 1 aromatic carbocycles. The van der Waals surface area contributed by atoms with Gasteiger partial charge in [0.2, 0.25) is 0 Å². The van der Waals surface area contributed by atoms with Crippen LogP contribution >= 0.6 is 0 Å². The number of Topliss-reactive ketones (excluding diaryl/α,β-unsaturated/α-hetero) is 1. The van der Waals surface area contributed by atoms with Crippen LogP contribution in [0.25, 0.3) is 5.57 Å². The Morgan fingerprint density at radius 2 is 2.15 bits per heavy atom. The van der Waals surface area contributed by atoms with Crippen molar-refractivity contribution in [1.29, 1.82) is 5.26 Å². The zero-order valence-corrected chi connectivity index (χ0v) is 11.6. The van der Waals surface area contributed by atoms with Crippen molar-refractivity contribution in [2.45, 2.75) is 20.3 Å². The van der Waals surface area contributed by atoms with E-state index in [0.29, 0.717) is 16.7 Å². The number of hydrogen-bond acceptors (Lipinski definition) is 2. The molecule has 2 nitrogen and oxygen atoms in total. The normalized spacial score (nSPS) is 11.9. The number of hydrogen-bond donors (Lipinski definition) is 0. The first-order valence-electron chi connectivity index (χ1n) is 6.17. The molecule has 3 heteroatoms. The van der Waals surface area contributed by atoms with Gasteiger partial charge >= 0.3 is 0 Å². The van der Waals surface area contributed by atoms with Gasteiger partial charge in [-0.05, 0) is 42.7 Å². The molecule has 0 unspecified atom stereocenters. The van der Waals surface area contributed by atoms with E-state index in [-0.39, 0.29) is 18.0 Å². The zero-order chi connectivity index (χ0) is 15.1. The van der Waals surface area contributed by atoms with Crippen molar-refractivity contribution in [2.24, 2.45) is 0 Å². The van der Waals surface area contributed by atoms with Crippen molar-refractivity contribution in [1.82, 2.24) is 0 Å². The Balaban J connectivity index is 3.34. The number of ketones is 1. The Bertz CT molecular complexity index is 629. The van der Waals surface area contributed by atoms with Gasteiger partial charge in [0.05, 0.1) is 17.5 Å². The first kappa shape index (κ1) is 15.6. The summed E-state index contributed by atoms with van der Waals surface area (Å²) in [4.78, 5) is 11.1. The number of allylic oxidation sites excluding steroid dienone is 5. The summed E-state index contributed by atoms with van der Waals surface area (Å²) in [6.45, 7) is 6.43. The molecule has 0 N–H and O–H groups in total. The highest BCUT2D eigenvalue weighted by Crippen LogP contribution is 2.23. The molecule has 0 amide bonds. The molecule has 0 fully saturated rings. The molecule has 20 heavy (non-hydrogen) atoms. The minimum atomic E-state index is -0.352. The molecule has 0 spiro atoms. The number of nitrogens with zero attached hydrogens (tertiary/aromatic N) is 1. The summed E-state index contributed by atoms with van der Waals surface area (Å²) in [5.74, 6) is -0.321. The minimum absolute atomic E-state index is 0.0306. The van der Waals surface area contributed by atoms with E-state index in [1.165, 1.54) is 19.9 Å². The molecular formula is C17H16FNO. The Morgan fingerprint density at radius 1 is 1.45 bits per heavy atom. The van der Waals surface area contributed by atoms with Crippen LogP contribution in [0.4, 0.5) is 4.39 Å². The molecule has 0 bridgehead atoms. The van der Waals surface area contributed by atoms with Gasteiger partial charge < -0.3 is 0 Å². The third-order valence-corrected chi connectivity index (χ3v) is 2.62. The number of carbonyl (C=O) groups excluding carboxylic acids is 1. The van der Waals surface area contributed by atoms with Crippen molar-refractivity contribution >= 4 is 11.4 Å². The van der Waals surface area contributed by atoms with E-state index in [0.717, 1.165) is 5.56 Å². The third kappa shape index (κ3) is 4.33. The molecule has 1 rings (SSSR count). The van der Waals surface area contributed by atoms with Crippen LogP contribution in [0.2, 0.25) is 0 Å². The molecule has 0 atom stereocenters. The van der Waals surface area contributed by atoms with Crippen LogP contribution in [0.15, 0.2) is 48.8 Å². The molecule has 1 aromatic rings. The second-order valence-corrected chi connectivity index (χ2v) is 4.46. The number of halogens is 1. The van der Waals surface area contributed by atoms with Gasteiger partial charge in [-0.25, -0.2) is 4.39 Å². The Labute approximate surface area is 118 Å². The highest BCUT2D eigenvalue weighted by Gasteiger charge is 2.08.